The molecule has 0 radical (unpaired) electrons. The number of methoxy groups -OCH3 is 1. The number of hydroxylamine groups is 1. The van der Waals surface area contributed by atoms with Crippen molar-refractivity contribution in [1.82, 2.24) is 9.88 Å². The molecule has 16 nitrogen and oxygen atoms in total. The molecule has 1 saturated carbocycles. The van der Waals surface area contributed by atoms with Crippen molar-refractivity contribution in [2.75, 3.05) is 25.6 Å². The Morgan fingerprint density at radius 3 is 2.70 bits per heavy atom. The molecule has 2 bridgehead atoms. The van der Waals surface area contributed by atoms with Gasteiger partial charge in [-0.1, -0.05) is 48.6 Å². The zero-order valence-electron chi connectivity index (χ0n) is 35.0. The van der Waals surface area contributed by atoms with Gasteiger partial charge in [-0.15, -0.1) is 6.58 Å². The molecule has 4 fully saturated rings. The zero-order valence-corrected chi connectivity index (χ0v) is 35.0. The van der Waals surface area contributed by atoms with Crippen molar-refractivity contribution in [3.05, 3.63) is 107 Å². The van der Waals surface area contributed by atoms with E-state index in [1.165, 1.54) is 18.9 Å². The van der Waals surface area contributed by atoms with Crippen LogP contribution in [0.5, 0.6) is 0 Å². The molecule has 3 aromatic rings. The van der Waals surface area contributed by atoms with E-state index < -0.39 is 66.4 Å². The quantitative estimate of drug-likeness (QED) is 0.0954. The number of carbonyl (C=O) groups is 2. The monoisotopic (exact) mass is 864 g/mol. The van der Waals surface area contributed by atoms with E-state index in [1.54, 1.807) is 12.3 Å². The van der Waals surface area contributed by atoms with Crippen LogP contribution in [0.15, 0.2) is 84.7 Å². The third-order valence-electron chi connectivity index (χ3n) is 15.5. The van der Waals surface area contributed by atoms with Gasteiger partial charge in [0.2, 0.25) is 18.1 Å². The van der Waals surface area contributed by atoms with E-state index in [9.17, 15) is 30.1 Å². The lowest BCUT2D eigenvalue weighted by Gasteiger charge is -2.54. The molecule has 8 aliphatic rings. The number of aromatic amines is 1. The molecule has 332 valence electrons. The molecule has 16 heteroatoms. The van der Waals surface area contributed by atoms with Crippen molar-refractivity contribution in [3.63, 3.8) is 0 Å². The van der Waals surface area contributed by atoms with Gasteiger partial charge in [0.25, 0.3) is 5.91 Å². The number of anilines is 1. The summed E-state index contributed by atoms with van der Waals surface area (Å²) in [5.41, 5.74) is 4.12. The summed E-state index contributed by atoms with van der Waals surface area (Å²) in [4.78, 5) is 32.7. The SMILES string of the molecule is C=C[C@H]1[C@H](O[C@@H]2O[C@H](CO[C@H]3C[C@@]45c6ccccc6N[C@]4(O3)[C@@H]3C[C@@H](/C(=C/C)C=[N+]3[O-])[C@H]5CC(=O)OC)[C@@H](O)[C@H](O)[C@H]2O)OC=C2C(=O)N3CCc4c([nH]c5ccccc45)[C@@H]3C[C@H]21. The number of hydrogen-bond donors (Lipinski definition) is 5. The Kier molecular flexibility index (Phi) is 9.69. The molecule has 1 amide bonds. The van der Waals surface area contributed by atoms with Crippen molar-refractivity contribution in [1.29, 1.82) is 0 Å². The molecule has 2 aromatic carbocycles. The number of benzene rings is 2. The van der Waals surface area contributed by atoms with E-state index in [2.05, 4.69) is 22.9 Å². The third kappa shape index (κ3) is 5.81. The lowest BCUT2D eigenvalue weighted by Crippen LogP contribution is -2.70. The Morgan fingerprint density at radius 1 is 1.08 bits per heavy atom. The molecule has 0 spiro atoms. The molecule has 7 aliphatic heterocycles. The molecule has 15 atom stereocenters. The third-order valence-corrected chi connectivity index (χ3v) is 15.5. The van der Waals surface area contributed by atoms with Crippen molar-refractivity contribution >= 4 is 34.7 Å². The second kappa shape index (κ2) is 15.0. The molecule has 3 saturated heterocycles. The predicted molar refractivity (Wildman–Crippen MR) is 224 cm³/mol. The molecule has 8 heterocycles. The fraction of sp³-hybridized carbons (Fsp3) is 0.511. The number of hydrogen-bond acceptors (Lipinski definition) is 13. The first-order valence-corrected chi connectivity index (χ1v) is 22.0. The highest BCUT2D eigenvalue weighted by molar-refractivity contribution is 5.96. The standard InChI is InChI=1S/C47H52N4O12/c1-4-23-20-51(57)36-17-27(23)31(18-37(52)58-3)46-19-38(63-47(36,46)49-33-13-9-7-11-30(33)46)59-22-35-40(53)41(54)42(55)45(61-35)62-44-24(5-2)28-16-34-39-26(25-10-6-8-12-32(25)48-39)14-15-50(34)43(56)29(28)21-60-44/h4-13,20-21,24,27-28,31,34-36,38,40-42,44-45,48-49,53-55H,2,14-19,22H2,1,3H3/b23-4+/t24-,27+,28+,31-,34+,35-,36+,38-,40-,41+,42-,44+,45+,46+,47+/m1/s1. The van der Waals surface area contributed by atoms with Gasteiger partial charge in [-0.25, -0.2) is 4.74 Å². The largest absolute Gasteiger partial charge is 0.623 e. The number of H-pyrrole nitrogens is 1. The summed E-state index contributed by atoms with van der Waals surface area (Å²) >= 11 is 0. The number of allylic oxidation sites excluding steroid dienone is 2. The van der Waals surface area contributed by atoms with Gasteiger partial charge in [-0.2, -0.15) is 0 Å². The van der Waals surface area contributed by atoms with E-state index in [0.29, 0.717) is 25.0 Å². The van der Waals surface area contributed by atoms with Crippen LogP contribution in [0.25, 0.3) is 10.9 Å². The van der Waals surface area contributed by atoms with Crippen molar-refractivity contribution < 1.29 is 58.1 Å². The molecule has 63 heavy (non-hydrogen) atoms. The summed E-state index contributed by atoms with van der Waals surface area (Å²) in [6.07, 6.45) is -0.975. The summed E-state index contributed by atoms with van der Waals surface area (Å²) in [5, 5.41) is 52.3. The van der Waals surface area contributed by atoms with E-state index in [0.717, 1.165) is 44.6 Å². The number of esters is 1. The average molecular weight is 865 g/mol. The molecule has 0 unspecified atom stereocenters. The molecular weight excluding hydrogens is 813 g/mol. The van der Waals surface area contributed by atoms with Gasteiger partial charge in [0.05, 0.1) is 37.0 Å². The number of para-hydroxylation sites is 2. The number of nitrogens with zero attached hydrogens (tertiary/aromatic N) is 2. The Morgan fingerprint density at radius 2 is 1.89 bits per heavy atom. The first-order valence-electron chi connectivity index (χ1n) is 22.0. The van der Waals surface area contributed by atoms with Crippen LogP contribution < -0.4 is 5.32 Å². The second-order valence-corrected chi connectivity index (χ2v) is 18.2. The number of aliphatic hydroxyl groups is 3. The van der Waals surface area contributed by atoms with Crippen LogP contribution in [-0.2, 0) is 49.8 Å². The van der Waals surface area contributed by atoms with Crippen LogP contribution in [0.1, 0.15) is 55.5 Å². The lowest BCUT2D eigenvalue weighted by atomic mass is 9.51. The number of amides is 1. The van der Waals surface area contributed by atoms with E-state index in [4.69, 9.17) is 28.4 Å². The lowest BCUT2D eigenvalue weighted by molar-refractivity contribution is -0.536. The van der Waals surface area contributed by atoms with E-state index >= 15 is 0 Å². The number of nitrogens with one attached hydrogen (secondary N) is 2. The molecule has 1 aliphatic carbocycles. The summed E-state index contributed by atoms with van der Waals surface area (Å²) < 4.78 is 38.1. The number of carbonyl (C=O) groups excluding carboxylic acids is 2. The Balaban J connectivity index is 0.836. The molecular formula is C47H52N4O12. The summed E-state index contributed by atoms with van der Waals surface area (Å²) in [7, 11) is 1.36. The van der Waals surface area contributed by atoms with E-state index in [1.807, 2.05) is 60.4 Å². The predicted octanol–water partition coefficient (Wildman–Crippen LogP) is 3.41. The van der Waals surface area contributed by atoms with Gasteiger partial charge in [0.1, 0.15) is 24.4 Å². The van der Waals surface area contributed by atoms with Crippen LogP contribution in [0, 0.1) is 28.9 Å². The van der Waals surface area contributed by atoms with Gasteiger partial charge >= 0.3 is 5.97 Å². The highest BCUT2D eigenvalue weighted by Gasteiger charge is 2.78. The zero-order chi connectivity index (χ0) is 43.5. The topological polar surface area (TPSA) is 207 Å². The van der Waals surface area contributed by atoms with Crippen LogP contribution in [0.4, 0.5) is 5.69 Å². The minimum absolute atomic E-state index is 0.0723. The molecule has 11 rings (SSSR count). The maximum absolute atomic E-state index is 14.0. The summed E-state index contributed by atoms with van der Waals surface area (Å²) in [6.45, 7) is 6.25. The fourth-order valence-corrected chi connectivity index (χ4v) is 12.7. The minimum Gasteiger partial charge on any atom is -0.623 e. The number of piperidine rings is 1. The van der Waals surface area contributed by atoms with Crippen molar-refractivity contribution in [2.45, 2.75) is 106 Å². The first-order chi connectivity index (χ1) is 30.5. The molecule has 5 N–H and O–H groups in total. The van der Waals surface area contributed by atoms with Gasteiger partial charge in [-0.05, 0) is 48.9 Å². The molecule has 1 aromatic heterocycles. The number of aliphatic hydroxyl groups excluding tert-OH is 3. The Bertz CT molecular complexity index is 2470. The Labute approximate surface area is 363 Å². The maximum atomic E-state index is 14.0. The fourth-order valence-electron chi connectivity index (χ4n) is 12.7. The van der Waals surface area contributed by atoms with E-state index in [-0.39, 0.29) is 55.1 Å². The number of ether oxygens (including phenoxy) is 6. The van der Waals surface area contributed by atoms with Crippen LogP contribution in [0.3, 0.4) is 0 Å². The summed E-state index contributed by atoms with van der Waals surface area (Å²) in [6, 6.07) is 15.0. The van der Waals surface area contributed by atoms with Crippen molar-refractivity contribution in [2.24, 2.45) is 23.7 Å². The van der Waals surface area contributed by atoms with Gasteiger partial charge in [-0.3, -0.25) is 9.59 Å². The maximum Gasteiger partial charge on any atom is 0.305 e. The van der Waals surface area contributed by atoms with Gasteiger partial charge < -0.3 is 64.1 Å². The van der Waals surface area contributed by atoms with Gasteiger partial charge in [0.15, 0.2) is 18.8 Å². The number of rotatable bonds is 8. The van der Waals surface area contributed by atoms with Crippen LogP contribution in [0.2, 0.25) is 0 Å². The highest BCUT2D eigenvalue weighted by atomic mass is 16.8. The second-order valence-electron chi connectivity index (χ2n) is 18.2. The van der Waals surface area contributed by atoms with Crippen LogP contribution >= 0.6 is 0 Å². The normalized spacial score (nSPS) is 40.3. The smallest absolute Gasteiger partial charge is 0.305 e. The Hall–Kier alpha value is -5.07. The average Bonchev–Trinajstić information content (AvgIpc) is 3.94. The minimum atomic E-state index is -1.69. The first kappa shape index (κ1) is 40.7. The highest BCUT2D eigenvalue weighted by Crippen LogP contribution is 2.68. The van der Waals surface area contributed by atoms with Crippen molar-refractivity contribution in [3.8, 4) is 0 Å². The van der Waals surface area contributed by atoms with Crippen LogP contribution in [-0.4, -0.2) is 123 Å². The van der Waals surface area contributed by atoms with Gasteiger partial charge in [0, 0.05) is 71.4 Å². The number of fused-ring (bicyclic) bond motifs is 9. The summed E-state index contributed by atoms with van der Waals surface area (Å²) in [5.74, 6) is -1.87. The number of aromatic nitrogens is 1.